The first-order valence-electron chi connectivity index (χ1n) is 13.5. The van der Waals surface area contributed by atoms with Crippen LogP contribution >= 0.6 is 11.6 Å². The molecule has 0 spiro atoms. The van der Waals surface area contributed by atoms with Crippen LogP contribution in [0.2, 0.25) is 5.02 Å². The van der Waals surface area contributed by atoms with Crippen molar-refractivity contribution < 1.29 is 26.7 Å². The van der Waals surface area contributed by atoms with Crippen LogP contribution in [0.1, 0.15) is 50.6 Å². The van der Waals surface area contributed by atoms with Crippen molar-refractivity contribution >= 4 is 27.7 Å². The number of rotatable bonds is 7. The highest BCUT2D eigenvalue weighted by molar-refractivity contribution is 7.89. The Labute approximate surface area is 233 Å². The van der Waals surface area contributed by atoms with Crippen LogP contribution in [0.25, 0.3) is 0 Å². The molecule has 3 atom stereocenters. The van der Waals surface area contributed by atoms with Crippen LogP contribution in [0.15, 0.2) is 47.4 Å². The Morgan fingerprint density at radius 1 is 1.03 bits per heavy atom. The lowest BCUT2D eigenvalue weighted by molar-refractivity contribution is 0.0318. The van der Waals surface area contributed by atoms with Crippen LogP contribution < -0.4 is 0 Å². The number of nitrogens with zero attached hydrogens (tertiary/aromatic N) is 3. The number of hydrogen-bond acceptors (Lipinski definition) is 5. The molecule has 0 aromatic heterocycles. The highest BCUT2D eigenvalue weighted by Gasteiger charge is 2.42. The summed E-state index contributed by atoms with van der Waals surface area (Å²) in [5.74, 6) is -0.787. The minimum atomic E-state index is -4.13. The monoisotopic (exact) mass is 581 g/mol. The van der Waals surface area contributed by atoms with Crippen LogP contribution in [0.4, 0.5) is 13.6 Å². The summed E-state index contributed by atoms with van der Waals surface area (Å²) in [5.41, 5.74) is 0.224. The lowest BCUT2D eigenvalue weighted by Gasteiger charge is -2.42. The number of carbonyl (C=O) groups excluding carboxylic acids is 1. The number of halogens is 3. The Balaban J connectivity index is 1.36. The SMILES string of the molecule is C[C@H]1CN(CC2CC2)CCN1C(=O)OCC1CCCC(c2cc(F)cc(F)c2)N1S(=O)(=O)c1ccc(Cl)cc1. The molecule has 5 rings (SSSR count). The van der Waals surface area contributed by atoms with Crippen molar-refractivity contribution in [3.05, 3.63) is 64.7 Å². The fourth-order valence-electron chi connectivity index (χ4n) is 5.77. The van der Waals surface area contributed by atoms with E-state index in [9.17, 15) is 22.0 Å². The molecule has 0 N–H and O–H groups in total. The largest absolute Gasteiger partial charge is 0.448 e. The minimum absolute atomic E-state index is 0.00686. The number of ether oxygens (including phenoxy) is 1. The van der Waals surface area contributed by atoms with Gasteiger partial charge in [-0.2, -0.15) is 4.31 Å². The molecule has 7 nitrogen and oxygen atoms in total. The second-order valence-electron chi connectivity index (χ2n) is 10.9. The van der Waals surface area contributed by atoms with Crippen LogP contribution in [0.5, 0.6) is 0 Å². The molecule has 212 valence electrons. The topological polar surface area (TPSA) is 70.2 Å². The van der Waals surface area contributed by atoms with Crippen molar-refractivity contribution in [2.24, 2.45) is 5.92 Å². The second kappa shape index (κ2) is 11.7. The highest BCUT2D eigenvalue weighted by atomic mass is 35.5. The molecule has 2 aromatic carbocycles. The van der Waals surface area contributed by atoms with Gasteiger partial charge in [-0.3, -0.25) is 4.90 Å². The third-order valence-corrected chi connectivity index (χ3v) is 10.1. The Bertz CT molecular complexity index is 1270. The van der Waals surface area contributed by atoms with Crippen LogP contribution in [0, 0.1) is 17.6 Å². The first kappa shape index (κ1) is 28.3. The normalized spacial score (nSPS) is 25.0. The zero-order chi connectivity index (χ0) is 27.7. The van der Waals surface area contributed by atoms with Crippen molar-refractivity contribution in [2.75, 3.05) is 32.8 Å². The maximum atomic E-state index is 14.2. The molecular weight excluding hydrogens is 548 g/mol. The van der Waals surface area contributed by atoms with Gasteiger partial charge in [-0.05, 0) is 86.9 Å². The number of hydrogen-bond donors (Lipinski definition) is 0. The molecule has 3 fully saturated rings. The van der Waals surface area contributed by atoms with Gasteiger partial charge < -0.3 is 9.64 Å². The van der Waals surface area contributed by atoms with E-state index in [1.54, 1.807) is 4.90 Å². The third-order valence-electron chi connectivity index (χ3n) is 7.90. The number of sulfonamides is 1. The molecule has 2 saturated heterocycles. The third kappa shape index (κ3) is 6.56. The molecule has 0 bridgehead atoms. The van der Waals surface area contributed by atoms with E-state index >= 15 is 0 Å². The quantitative estimate of drug-likeness (QED) is 0.435. The average molecular weight is 582 g/mol. The summed E-state index contributed by atoms with van der Waals surface area (Å²) in [6.45, 7) is 5.01. The van der Waals surface area contributed by atoms with Gasteiger partial charge in [0.2, 0.25) is 10.0 Å². The smallest absolute Gasteiger partial charge is 0.410 e. The van der Waals surface area contributed by atoms with Gasteiger partial charge in [-0.25, -0.2) is 22.0 Å². The van der Waals surface area contributed by atoms with E-state index in [2.05, 4.69) is 4.90 Å². The van der Waals surface area contributed by atoms with Gasteiger partial charge in [0, 0.05) is 43.3 Å². The molecule has 3 aliphatic rings. The van der Waals surface area contributed by atoms with E-state index in [-0.39, 0.29) is 23.1 Å². The Morgan fingerprint density at radius 3 is 2.36 bits per heavy atom. The molecule has 2 unspecified atom stereocenters. The maximum Gasteiger partial charge on any atom is 0.410 e. The Hall–Kier alpha value is -2.27. The lowest BCUT2D eigenvalue weighted by Crippen LogP contribution is -2.55. The standard InChI is InChI=1S/C28H34ClF2N3O4S/c1-19-16-32(17-20-5-6-20)11-12-33(19)28(35)38-18-25-3-2-4-27(21-13-23(30)15-24(31)14-21)34(25)39(36,37)26-9-7-22(29)8-10-26/h7-10,13-15,19-20,25,27H,2-6,11-12,16-18H2,1H3/t19-,25?,27?/m0/s1. The van der Waals surface area contributed by atoms with Gasteiger partial charge in [0.15, 0.2) is 0 Å². The summed E-state index contributed by atoms with van der Waals surface area (Å²) in [4.78, 5) is 17.2. The molecule has 1 amide bonds. The van der Waals surface area contributed by atoms with Crippen molar-refractivity contribution in [3.8, 4) is 0 Å². The first-order valence-corrected chi connectivity index (χ1v) is 15.3. The van der Waals surface area contributed by atoms with Gasteiger partial charge in [0.25, 0.3) is 0 Å². The molecular formula is C28H34ClF2N3O4S. The van der Waals surface area contributed by atoms with Gasteiger partial charge >= 0.3 is 6.09 Å². The minimum Gasteiger partial charge on any atom is -0.448 e. The number of amides is 1. The number of benzene rings is 2. The van der Waals surface area contributed by atoms with E-state index < -0.39 is 39.8 Å². The zero-order valence-corrected chi connectivity index (χ0v) is 23.5. The molecule has 1 aliphatic carbocycles. The van der Waals surface area contributed by atoms with Crippen LogP contribution in [-0.2, 0) is 14.8 Å². The summed E-state index contributed by atoms with van der Waals surface area (Å²) in [5, 5.41) is 0.383. The van der Waals surface area contributed by atoms with Crippen molar-refractivity contribution in [1.82, 2.24) is 14.1 Å². The predicted octanol–water partition coefficient (Wildman–Crippen LogP) is 5.46. The molecule has 2 aromatic rings. The van der Waals surface area contributed by atoms with Crippen LogP contribution in [-0.4, -0.2) is 73.5 Å². The van der Waals surface area contributed by atoms with Gasteiger partial charge in [-0.15, -0.1) is 0 Å². The number of piperidine rings is 1. The van der Waals surface area contributed by atoms with E-state index in [1.165, 1.54) is 41.4 Å². The zero-order valence-electron chi connectivity index (χ0n) is 21.9. The van der Waals surface area contributed by atoms with E-state index in [4.69, 9.17) is 16.3 Å². The van der Waals surface area contributed by atoms with Gasteiger partial charge in [0.05, 0.1) is 17.0 Å². The Morgan fingerprint density at radius 2 is 1.72 bits per heavy atom. The molecule has 2 aliphatic heterocycles. The van der Waals surface area contributed by atoms with Crippen LogP contribution in [0.3, 0.4) is 0 Å². The summed E-state index contributed by atoms with van der Waals surface area (Å²) in [6, 6.07) is 7.31. The second-order valence-corrected chi connectivity index (χ2v) is 13.2. The fraction of sp³-hybridized carbons (Fsp3) is 0.536. The Kier molecular flexibility index (Phi) is 8.47. The van der Waals surface area contributed by atoms with Gasteiger partial charge in [0.1, 0.15) is 18.2 Å². The molecule has 2 heterocycles. The van der Waals surface area contributed by atoms with E-state index in [0.29, 0.717) is 30.8 Å². The summed E-state index contributed by atoms with van der Waals surface area (Å²) >= 11 is 5.99. The average Bonchev–Trinajstić information content (AvgIpc) is 3.71. The summed E-state index contributed by atoms with van der Waals surface area (Å²) < 4.78 is 63.2. The lowest BCUT2D eigenvalue weighted by atomic mass is 9.93. The summed E-state index contributed by atoms with van der Waals surface area (Å²) in [7, 11) is -4.13. The van der Waals surface area contributed by atoms with E-state index in [0.717, 1.165) is 43.8 Å². The fourth-order valence-corrected chi connectivity index (χ4v) is 7.74. The first-order chi connectivity index (χ1) is 18.6. The molecule has 11 heteroatoms. The van der Waals surface area contributed by atoms with Crippen molar-refractivity contribution in [3.63, 3.8) is 0 Å². The summed E-state index contributed by atoms with van der Waals surface area (Å²) in [6.07, 6.45) is 3.50. The molecule has 1 saturated carbocycles. The number of piperazine rings is 1. The van der Waals surface area contributed by atoms with E-state index in [1.807, 2.05) is 6.92 Å². The number of carbonyl (C=O) groups is 1. The van der Waals surface area contributed by atoms with Crippen molar-refractivity contribution in [1.29, 1.82) is 0 Å². The highest BCUT2D eigenvalue weighted by Crippen LogP contribution is 2.40. The maximum absolute atomic E-state index is 14.2. The van der Waals surface area contributed by atoms with Crippen molar-refractivity contribution in [2.45, 2.75) is 62.0 Å². The van der Waals surface area contributed by atoms with Gasteiger partial charge in [-0.1, -0.05) is 11.6 Å². The predicted molar refractivity (Wildman–Crippen MR) is 144 cm³/mol. The molecule has 0 radical (unpaired) electrons. The molecule has 39 heavy (non-hydrogen) atoms.